The molecule has 1 aliphatic carbocycles. The van der Waals surface area contributed by atoms with Crippen LogP contribution >= 0.6 is 11.8 Å². The molecular weight excluding hydrogens is 194 g/mol. The quantitative estimate of drug-likeness (QED) is 0.613. The van der Waals surface area contributed by atoms with Gasteiger partial charge in [-0.15, -0.1) is 11.8 Å². The Labute approximate surface area is 88.7 Å². The van der Waals surface area contributed by atoms with E-state index in [2.05, 4.69) is 29.1 Å². The largest absolute Gasteiger partial charge is 0.367 e. The first kappa shape index (κ1) is 9.77. The minimum atomic E-state index is 0.435. The van der Waals surface area contributed by atoms with Crippen LogP contribution in [0.5, 0.6) is 0 Å². The highest BCUT2D eigenvalue weighted by molar-refractivity contribution is 7.98. The molecule has 1 aromatic heterocycles. The molecule has 1 heterocycles. The van der Waals surface area contributed by atoms with Gasteiger partial charge in [0.1, 0.15) is 17.2 Å². The molecule has 1 unspecified atom stereocenters. The van der Waals surface area contributed by atoms with Gasteiger partial charge in [-0.05, 0) is 18.1 Å². The fourth-order valence-corrected chi connectivity index (χ4v) is 1.80. The van der Waals surface area contributed by atoms with E-state index in [1.165, 1.54) is 6.42 Å². The van der Waals surface area contributed by atoms with E-state index in [4.69, 9.17) is 0 Å². The smallest absolute Gasteiger partial charge is 0.130 e. The predicted octanol–water partition coefficient (Wildman–Crippen LogP) is 2.41. The van der Waals surface area contributed by atoms with E-state index in [9.17, 15) is 0 Å². The fraction of sp³-hybridized carbons (Fsp3) is 0.600. The topological polar surface area (TPSA) is 37.8 Å². The summed E-state index contributed by atoms with van der Waals surface area (Å²) >= 11 is 1.64. The minimum absolute atomic E-state index is 0.435. The molecule has 1 aliphatic rings. The molecule has 0 radical (unpaired) electrons. The summed E-state index contributed by atoms with van der Waals surface area (Å²) in [6.07, 6.45) is 4.86. The van der Waals surface area contributed by atoms with Gasteiger partial charge in [0, 0.05) is 12.1 Å². The van der Waals surface area contributed by atoms with Crippen LogP contribution in [0.25, 0.3) is 0 Å². The summed E-state index contributed by atoms with van der Waals surface area (Å²) in [7, 11) is 0. The first-order valence-electron chi connectivity index (χ1n) is 4.74. The van der Waals surface area contributed by atoms with E-state index in [0.29, 0.717) is 11.5 Å². The molecule has 1 N–H and O–H groups in total. The Bertz CT molecular complexity index is 338. The SMILES string of the molecule is CSc1cc(NC2CC2(C)C)ncn1. The summed E-state index contributed by atoms with van der Waals surface area (Å²) < 4.78 is 0. The van der Waals surface area contributed by atoms with E-state index in [-0.39, 0.29) is 0 Å². The Morgan fingerprint density at radius 1 is 1.50 bits per heavy atom. The average molecular weight is 209 g/mol. The summed E-state index contributed by atoms with van der Waals surface area (Å²) in [6.45, 7) is 4.53. The maximum Gasteiger partial charge on any atom is 0.130 e. The molecule has 1 saturated carbocycles. The monoisotopic (exact) mass is 209 g/mol. The summed E-state index contributed by atoms with van der Waals surface area (Å²) in [5.41, 5.74) is 0.435. The van der Waals surface area contributed by atoms with Crippen LogP contribution in [0.4, 0.5) is 5.82 Å². The normalized spacial score (nSPS) is 23.2. The van der Waals surface area contributed by atoms with Gasteiger partial charge in [0.2, 0.25) is 0 Å². The fourth-order valence-electron chi connectivity index (χ4n) is 1.42. The number of hydrogen-bond donors (Lipinski definition) is 1. The lowest BCUT2D eigenvalue weighted by atomic mass is 10.2. The molecular formula is C10H15N3S. The van der Waals surface area contributed by atoms with E-state index in [0.717, 1.165) is 10.8 Å². The van der Waals surface area contributed by atoms with Crippen LogP contribution in [0.15, 0.2) is 17.4 Å². The van der Waals surface area contributed by atoms with Crippen molar-refractivity contribution < 1.29 is 0 Å². The second kappa shape index (κ2) is 3.42. The molecule has 0 bridgehead atoms. The van der Waals surface area contributed by atoms with Gasteiger partial charge in [0.15, 0.2) is 0 Å². The van der Waals surface area contributed by atoms with Gasteiger partial charge >= 0.3 is 0 Å². The number of nitrogens with zero attached hydrogens (tertiary/aromatic N) is 2. The summed E-state index contributed by atoms with van der Waals surface area (Å²) in [5.74, 6) is 0.944. The number of thioether (sulfide) groups is 1. The zero-order valence-corrected chi connectivity index (χ0v) is 9.56. The molecule has 1 atom stereocenters. The number of aromatic nitrogens is 2. The lowest BCUT2D eigenvalue weighted by Crippen LogP contribution is -2.09. The van der Waals surface area contributed by atoms with E-state index < -0.39 is 0 Å². The lowest BCUT2D eigenvalue weighted by Gasteiger charge is -2.07. The maximum absolute atomic E-state index is 4.20. The van der Waals surface area contributed by atoms with Gasteiger partial charge < -0.3 is 5.32 Å². The zero-order valence-electron chi connectivity index (χ0n) is 8.74. The van der Waals surface area contributed by atoms with Crippen LogP contribution in [0.1, 0.15) is 20.3 Å². The van der Waals surface area contributed by atoms with E-state index in [1.54, 1.807) is 18.1 Å². The first-order valence-corrected chi connectivity index (χ1v) is 5.97. The first-order chi connectivity index (χ1) is 6.62. The molecule has 0 saturated heterocycles. The number of anilines is 1. The summed E-state index contributed by atoms with van der Waals surface area (Å²) in [4.78, 5) is 8.33. The Morgan fingerprint density at radius 2 is 2.21 bits per heavy atom. The molecule has 2 rings (SSSR count). The maximum atomic E-state index is 4.20. The number of rotatable bonds is 3. The Kier molecular flexibility index (Phi) is 2.39. The van der Waals surface area contributed by atoms with Crippen LogP contribution in [0.2, 0.25) is 0 Å². The van der Waals surface area contributed by atoms with Gasteiger partial charge in [-0.25, -0.2) is 9.97 Å². The third-order valence-electron chi connectivity index (χ3n) is 2.69. The van der Waals surface area contributed by atoms with Gasteiger partial charge in [-0.2, -0.15) is 0 Å². The minimum Gasteiger partial charge on any atom is -0.367 e. The molecule has 1 fully saturated rings. The Morgan fingerprint density at radius 3 is 2.79 bits per heavy atom. The highest BCUT2D eigenvalue weighted by Crippen LogP contribution is 2.46. The molecule has 0 spiro atoms. The van der Waals surface area contributed by atoms with E-state index >= 15 is 0 Å². The van der Waals surface area contributed by atoms with Crippen molar-refractivity contribution in [3.05, 3.63) is 12.4 Å². The van der Waals surface area contributed by atoms with Crippen molar-refractivity contribution in [1.29, 1.82) is 0 Å². The van der Waals surface area contributed by atoms with Crippen molar-refractivity contribution in [2.45, 2.75) is 31.3 Å². The van der Waals surface area contributed by atoms with Crippen molar-refractivity contribution in [2.75, 3.05) is 11.6 Å². The summed E-state index contributed by atoms with van der Waals surface area (Å²) in [6, 6.07) is 2.58. The molecule has 4 heteroatoms. The van der Waals surface area contributed by atoms with Crippen molar-refractivity contribution >= 4 is 17.6 Å². The van der Waals surface area contributed by atoms with Crippen LogP contribution in [0, 0.1) is 5.41 Å². The molecule has 76 valence electrons. The zero-order chi connectivity index (χ0) is 10.2. The standard InChI is InChI=1S/C10H15N3S/c1-10(2)5-7(10)13-8-4-9(14-3)12-6-11-8/h4,6-7H,5H2,1-3H3,(H,11,12,13). The highest BCUT2D eigenvalue weighted by atomic mass is 32.2. The van der Waals surface area contributed by atoms with Crippen molar-refractivity contribution in [2.24, 2.45) is 5.41 Å². The van der Waals surface area contributed by atoms with Gasteiger partial charge in [-0.3, -0.25) is 0 Å². The van der Waals surface area contributed by atoms with E-state index in [1.807, 2.05) is 12.3 Å². The summed E-state index contributed by atoms with van der Waals surface area (Å²) in [5, 5.41) is 4.43. The lowest BCUT2D eigenvalue weighted by molar-refractivity contribution is 0.629. The molecule has 3 nitrogen and oxygen atoms in total. The van der Waals surface area contributed by atoms with Crippen LogP contribution in [-0.2, 0) is 0 Å². The molecule has 14 heavy (non-hydrogen) atoms. The second-order valence-corrected chi connectivity index (χ2v) is 5.16. The average Bonchev–Trinajstić information content (AvgIpc) is 2.74. The van der Waals surface area contributed by atoms with Crippen molar-refractivity contribution in [3.8, 4) is 0 Å². The molecule has 0 amide bonds. The number of hydrogen-bond acceptors (Lipinski definition) is 4. The predicted molar refractivity (Wildman–Crippen MR) is 59.6 cm³/mol. The third kappa shape index (κ3) is 2.00. The number of nitrogens with one attached hydrogen (secondary N) is 1. The highest BCUT2D eigenvalue weighted by Gasteiger charge is 2.45. The van der Waals surface area contributed by atoms with Crippen LogP contribution in [0.3, 0.4) is 0 Å². The van der Waals surface area contributed by atoms with Gasteiger partial charge in [-0.1, -0.05) is 13.8 Å². The molecule has 1 aromatic rings. The third-order valence-corrected chi connectivity index (χ3v) is 3.33. The Hall–Kier alpha value is -0.770. The van der Waals surface area contributed by atoms with Crippen molar-refractivity contribution in [1.82, 2.24) is 9.97 Å². The van der Waals surface area contributed by atoms with Gasteiger partial charge in [0.05, 0.1) is 0 Å². The molecule has 0 aromatic carbocycles. The van der Waals surface area contributed by atoms with Crippen LogP contribution < -0.4 is 5.32 Å². The van der Waals surface area contributed by atoms with Gasteiger partial charge in [0.25, 0.3) is 0 Å². The van der Waals surface area contributed by atoms with Crippen LogP contribution in [-0.4, -0.2) is 22.3 Å². The molecule has 0 aliphatic heterocycles. The second-order valence-electron chi connectivity index (χ2n) is 4.34. The Balaban J connectivity index is 2.03. The van der Waals surface area contributed by atoms with Crippen molar-refractivity contribution in [3.63, 3.8) is 0 Å².